The number of pyridine rings is 1. The van der Waals surface area contributed by atoms with Gasteiger partial charge < -0.3 is 10.2 Å². The van der Waals surface area contributed by atoms with E-state index < -0.39 is 0 Å². The Balaban J connectivity index is 2.23. The first kappa shape index (κ1) is 13.2. The van der Waals surface area contributed by atoms with Crippen molar-refractivity contribution >= 4 is 5.82 Å². The van der Waals surface area contributed by atoms with Crippen molar-refractivity contribution < 1.29 is 4.74 Å². The molecule has 0 bridgehead atoms. The smallest absolute Gasteiger partial charge is 0.224 e. The molecule has 0 fully saturated rings. The summed E-state index contributed by atoms with van der Waals surface area (Å²) in [6.45, 7) is 3.99. The van der Waals surface area contributed by atoms with Crippen LogP contribution in [0, 0.1) is 6.92 Å². The maximum absolute atomic E-state index is 5.65. The molecule has 6 nitrogen and oxygen atoms in total. The minimum atomic E-state index is 0.456. The van der Waals surface area contributed by atoms with E-state index in [1.807, 2.05) is 19.1 Å². The molecular formula is C13H17N5O. The summed E-state index contributed by atoms with van der Waals surface area (Å²) < 4.78 is 5.65. The quantitative estimate of drug-likeness (QED) is 0.632. The summed E-state index contributed by atoms with van der Waals surface area (Å²) in [6.07, 6.45) is 3.39. The molecule has 2 aromatic heterocycles. The van der Waals surface area contributed by atoms with Crippen molar-refractivity contribution in [3.63, 3.8) is 0 Å². The van der Waals surface area contributed by atoms with Crippen LogP contribution in [0.2, 0.25) is 0 Å². The molecule has 3 N–H and O–H groups in total. The summed E-state index contributed by atoms with van der Waals surface area (Å²) in [4.78, 5) is 12.8. The van der Waals surface area contributed by atoms with Crippen LogP contribution in [0.15, 0.2) is 24.4 Å². The highest BCUT2D eigenvalue weighted by Gasteiger charge is 2.06. The zero-order valence-electron chi connectivity index (χ0n) is 11.1. The van der Waals surface area contributed by atoms with Gasteiger partial charge in [0.15, 0.2) is 0 Å². The topological polar surface area (TPSA) is 86.0 Å². The van der Waals surface area contributed by atoms with Crippen LogP contribution < -0.4 is 16.0 Å². The average molecular weight is 259 g/mol. The highest BCUT2D eigenvalue weighted by molar-refractivity contribution is 5.38. The van der Waals surface area contributed by atoms with E-state index in [1.165, 1.54) is 0 Å². The standard InChI is InChI=1S/C13H17N5O/c1-3-4-11-16-12(18-14)7-13(17-11)19-10-6-5-9(2)15-8-10/h5-8H,3-4,14H2,1-2H3,(H,16,17,18). The van der Waals surface area contributed by atoms with Crippen molar-refractivity contribution in [3.05, 3.63) is 35.9 Å². The Morgan fingerprint density at radius 2 is 2.16 bits per heavy atom. The van der Waals surface area contributed by atoms with E-state index in [4.69, 9.17) is 10.6 Å². The fourth-order valence-electron chi connectivity index (χ4n) is 1.57. The molecule has 6 heteroatoms. The number of nitrogens with one attached hydrogen (secondary N) is 1. The van der Waals surface area contributed by atoms with Gasteiger partial charge in [-0.15, -0.1) is 0 Å². The first-order valence-electron chi connectivity index (χ1n) is 6.16. The van der Waals surface area contributed by atoms with E-state index >= 15 is 0 Å². The lowest BCUT2D eigenvalue weighted by Crippen LogP contribution is -2.10. The van der Waals surface area contributed by atoms with Crippen molar-refractivity contribution in [1.29, 1.82) is 0 Å². The Labute approximate surface area is 112 Å². The van der Waals surface area contributed by atoms with Gasteiger partial charge in [0.05, 0.1) is 6.20 Å². The summed E-state index contributed by atoms with van der Waals surface area (Å²) in [5.41, 5.74) is 3.45. The van der Waals surface area contributed by atoms with Crippen molar-refractivity contribution in [2.45, 2.75) is 26.7 Å². The molecule has 0 spiro atoms. The Morgan fingerprint density at radius 1 is 1.32 bits per heavy atom. The third kappa shape index (κ3) is 3.62. The number of nitrogens with zero attached hydrogens (tertiary/aromatic N) is 3. The monoisotopic (exact) mass is 259 g/mol. The molecular weight excluding hydrogens is 242 g/mol. The van der Waals surface area contributed by atoms with Gasteiger partial charge in [-0.3, -0.25) is 4.98 Å². The van der Waals surface area contributed by atoms with E-state index in [1.54, 1.807) is 12.3 Å². The van der Waals surface area contributed by atoms with Crippen LogP contribution in [0.1, 0.15) is 24.9 Å². The number of nitrogens with two attached hydrogens (primary N) is 1. The Hall–Kier alpha value is -2.21. The second-order valence-corrected chi connectivity index (χ2v) is 4.14. The van der Waals surface area contributed by atoms with Crippen molar-refractivity contribution in [1.82, 2.24) is 15.0 Å². The molecule has 19 heavy (non-hydrogen) atoms. The molecule has 0 unspecified atom stereocenters. The van der Waals surface area contributed by atoms with E-state index in [0.717, 1.165) is 18.5 Å². The molecule has 2 heterocycles. The van der Waals surface area contributed by atoms with Gasteiger partial charge in [0.25, 0.3) is 0 Å². The third-order valence-electron chi connectivity index (χ3n) is 2.48. The normalized spacial score (nSPS) is 10.3. The van der Waals surface area contributed by atoms with Gasteiger partial charge >= 0.3 is 0 Å². The number of hydrogen-bond donors (Lipinski definition) is 2. The van der Waals surface area contributed by atoms with Gasteiger partial charge in [-0.25, -0.2) is 10.8 Å². The van der Waals surface area contributed by atoms with E-state index in [0.29, 0.717) is 23.3 Å². The van der Waals surface area contributed by atoms with Gasteiger partial charge in [0, 0.05) is 18.2 Å². The van der Waals surface area contributed by atoms with Gasteiger partial charge in [-0.1, -0.05) is 6.92 Å². The summed E-state index contributed by atoms with van der Waals surface area (Å²) in [5, 5.41) is 0. The fourth-order valence-corrected chi connectivity index (χ4v) is 1.57. The maximum Gasteiger partial charge on any atom is 0.224 e. The Kier molecular flexibility index (Phi) is 4.25. The zero-order chi connectivity index (χ0) is 13.7. The summed E-state index contributed by atoms with van der Waals surface area (Å²) >= 11 is 0. The van der Waals surface area contributed by atoms with Gasteiger partial charge in [-0.2, -0.15) is 4.98 Å². The van der Waals surface area contributed by atoms with Crippen LogP contribution in [0.4, 0.5) is 5.82 Å². The molecule has 0 aliphatic carbocycles. The molecule has 0 radical (unpaired) electrons. The minimum absolute atomic E-state index is 0.456. The number of ether oxygens (including phenoxy) is 1. The first-order valence-corrected chi connectivity index (χ1v) is 6.16. The van der Waals surface area contributed by atoms with Crippen molar-refractivity contribution in [2.24, 2.45) is 5.84 Å². The maximum atomic E-state index is 5.65. The van der Waals surface area contributed by atoms with Crippen molar-refractivity contribution in [3.8, 4) is 11.6 Å². The van der Waals surface area contributed by atoms with Crippen LogP contribution in [0.5, 0.6) is 11.6 Å². The zero-order valence-corrected chi connectivity index (χ0v) is 11.1. The lowest BCUT2D eigenvalue weighted by atomic mass is 10.3. The number of hydrazine groups is 1. The molecule has 0 aliphatic rings. The summed E-state index contributed by atoms with van der Waals surface area (Å²) in [6, 6.07) is 5.38. The molecule has 0 saturated heterocycles. The van der Waals surface area contributed by atoms with Crippen LogP contribution in [0.3, 0.4) is 0 Å². The summed E-state index contributed by atoms with van der Waals surface area (Å²) in [5.74, 6) is 7.72. The Morgan fingerprint density at radius 3 is 2.79 bits per heavy atom. The fraction of sp³-hybridized carbons (Fsp3) is 0.308. The number of aryl methyl sites for hydroxylation is 2. The molecule has 0 amide bonds. The summed E-state index contributed by atoms with van der Waals surface area (Å²) in [7, 11) is 0. The van der Waals surface area contributed by atoms with Gasteiger partial charge in [0.1, 0.15) is 17.4 Å². The first-order chi connectivity index (χ1) is 9.21. The molecule has 2 aromatic rings. The lowest BCUT2D eigenvalue weighted by molar-refractivity contribution is 0.456. The molecule has 2 rings (SSSR count). The van der Waals surface area contributed by atoms with Crippen LogP contribution in [0.25, 0.3) is 0 Å². The van der Waals surface area contributed by atoms with E-state index in [-0.39, 0.29) is 0 Å². The molecule has 0 atom stereocenters. The van der Waals surface area contributed by atoms with Crippen molar-refractivity contribution in [2.75, 3.05) is 5.43 Å². The average Bonchev–Trinajstić information content (AvgIpc) is 2.41. The van der Waals surface area contributed by atoms with Gasteiger partial charge in [-0.05, 0) is 25.5 Å². The van der Waals surface area contributed by atoms with Crippen LogP contribution in [-0.4, -0.2) is 15.0 Å². The van der Waals surface area contributed by atoms with E-state index in [2.05, 4.69) is 27.3 Å². The van der Waals surface area contributed by atoms with Crippen LogP contribution in [-0.2, 0) is 6.42 Å². The predicted octanol–water partition coefficient (Wildman–Crippen LogP) is 2.21. The second kappa shape index (κ2) is 6.10. The van der Waals surface area contributed by atoms with E-state index in [9.17, 15) is 0 Å². The number of rotatable bonds is 5. The number of nitrogen functional groups attached to an aromatic ring is 1. The molecule has 0 aliphatic heterocycles. The number of hydrogen-bond acceptors (Lipinski definition) is 6. The second-order valence-electron chi connectivity index (χ2n) is 4.14. The number of aromatic nitrogens is 3. The third-order valence-corrected chi connectivity index (χ3v) is 2.48. The predicted molar refractivity (Wildman–Crippen MR) is 72.9 cm³/mol. The molecule has 100 valence electrons. The highest BCUT2D eigenvalue weighted by atomic mass is 16.5. The SMILES string of the molecule is CCCc1nc(NN)cc(Oc2ccc(C)nc2)n1. The largest absolute Gasteiger partial charge is 0.437 e. The number of anilines is 1. The molecule has 0 saturated carbocycles. The Bertz CT molecular complexity index is 541. The van der Waals surface area contributed by atoms with Gasteiger partial charge in [0.2, 0.25) is 5.88 Å². The van der Waals surface area contributed by atoms with Crippen LogP contribution >= 0.6 is 0 Å². The minimum Gasteiger partial charge on any atom is -0.437 e. The lowest BCUT2D eigenvalue weighted by Gasteiger charge is -2.08. The highest BCUT2D eigenvalue weighted by Crippen LogP contribution is 2.21. The molecule has 0 aromatic carbocycles.